The molecule has 0 aromatic heterocycles. The predicted molar refractivity (Wildman–Crippen MR) is 149 cm³/mol. The van der Waals surface area contributed by atoms with E-state index in [1.165, 1.54) is 11.0 Å². The number of ether oxygens (including phenoxy) is 1. The van der Waals surface area contributed by atoms with Gasteiger partial charge in [-0.25, -0.2) is 4.39 Å². The molecule has 0 fully saturated rings. The van der Waals surface area contributed by atoms with Crippen LogP contribution in [0.15, 0.2) is 78.9 Å². The van der Waals surface area contributed by atoms with Crippen molar-refractivity contribution in [2.45, 2.75) is 71.5 Å². The number of nitrogens with zero attached hydrogens (tertiary/aromatic N) is 1. The Hall–Kier alpha value is -3.67. The van der Waals surface area contributed by atoms with Gasteiger partial charge in [0.1, 0.15) is 17.6 Å². The summed E-state index contributed by atoms with van der Waals surface area (Å²) in [5, 5.41) is 3.01. The van der Waals surface area contributed by atoms with Gasteiger partial charge < -0.3 is 15.0 Å². The molecule has 3 aromatic rings. The van der Waals surface area contributed by atoms with Crippen molar-refractivity contribution in [3.05, 3.63) is 101 Å². The van der Waals surface area contributed by atoms with Crippen molar-refractivity contribution >= 4 is 11.8 Å². The molecular formula is C32H39FN2O3. The molecule has 5 nitrogen and oxygen atoms in total. The summed E-state index contributed by atoms with van der Waals surface area (Å²) in [5.41, 5.74) is 1.50. The molecule has 0 saturated carbocycles. The minimum atomic E-state index is -0.870. The fourth-order valence-corrected chi connectivity index (χ4v) is 4.25. The first-order chi connectivity index (χ1) is 17.8. The van der Waals surface area contributed by atoms with Crippen LogP contribution in [0.2, 0.25) is 0 Å². The molecule has 0 bridgehead atoms. The third-order valence-electron chi connectivity index (χ3n) is 6.11. The zero-order valence-electron chi connectivity index (χ0n) is 23.3. The summed E-state index contributed by atoms with van der Waals surface area (Å²) in [5.74, 6) is -0.528. The minimum Gasteiger partial charge on any atom is -0.483 e. The van der Waals surface area contributed by atoms with E-state index in [9.17, 15) is 14.0 Å². The van der Waals surface area contributed by atoms with E-state index in [-0.39, 0.29) is 30.9 Å². The van der Waals surface area contributed by atoms with Gasteiger partial charge >= 0.3 is 0 Å². The number of hydrogen-bond acceptors (Lipinski definition) is 3. The summed E-state index contributed by atoms with van der Waals surface area (Å²) in [4.78, 5) is 28.8. The molecule has 0 unspecified atom stereocenters. The van der Waals surface area contributed by atoms with E-state index >= 15 is 0 Å². The van der Waals surface area contributed by atoms with Crippen molar-refractivity contribution in [2.75, 3.05) is 6.61 Å². The van der Waals surface area contributed by atoms with Gasteiger partial charge in [-0.1, -0.05) is 87.5 Å². The molecule has 6 heteroatoms. The summed E-state index contributed by atoms with van der Waals surface area (Å²) >= 11 is 0. The van der Waals surface area contributed by atoms with E-state index in [1.807, 2.05) is 75.4 Å². The number of carbonyl (C=O) groups is 2. The molecular weight excluding hydrogens is 479 g/mol. The van der Waals surface area contributed by atoms with Gasteiger partial charge in [0.05, 0.1) is 0 Å². The van der Waals surface area contributed by atoms with Crippen molar-refractivity contribution in [2.24, 2.45) is 0 Å². The summed E-state index contributed by atoms with van der Waals surface area (Å²) in [6, 6.07) is 22.6. The van der Waals surface area contributed by atoms with Crippen LogP contribution in [0.1, 0.15) is 58.2 Å². The highest BCUT2D eigenvalue weighted by atomic mass is 19.1. The van der Waals surface area contributed by atoms with E-state index in [0.29, 0.717) is 11.3 Å². The zero-order chi connectivity index (χ0) is 27.9. The molecule has 0 aliphatic carbocycles. The Morgan fingerprint density at radius 2 is 1.47 bits per heavy atom. The van der Waals surface area contributed by atoms with Crippen LogP contribution >= 0.6 is 0 Å². The van der Waals surface area contributed by atoms with Gasteiger partial charge in [0.15, 0.2) is 6.61 Å². The third kappa shape index (κ3) is 8.17. The highest BCUT2D eigenvalue weighted by Crippen LogP contribution is 2.31. The summed E-state index contributed by atoms with van der Waals surface area (Å²) < 4.78 is 20.8. The van der Waals surface area contributed by atoms with E-state index in [1.54, 1.807) is 18.2 Å². The molecule has 0 aliphatic heterocycles. The normalized spacial score (nSPS) is 12.5. The standard InChI is InChI=1S/C32H39FN2O3/c1-31(2,3)25-17-11-13-19-28(25)38-22-29(36)35(21-24-16-10-12-18-26(24)33)27(30(37)34-32(4,5)6)20-23-14-8-7-9-15-23/h7-19,27H,20-22H2,1-6H3,(H,34,37)/t27-/m1/s1. The first-order valence-corrected chi connectivity index (χ1v) is 13.0. The number of benzene rings is 3. The van der Waals surface area contributed by atoms with Crippen LogP contribution in [0.3, 0.4) is 0 Å². The van der Waals surface area contributed by atoms with Crippen LogP contribution in [0.5, 0.6) is 5.75 Å². The molecule has 1 N–H and O–H groups in total. The monoisotopic (exact) mass is 518 g/mol. The van der Waals surface area contributed by atoms with E-state index in [4.69, 9.17) is 4.74 Å². The Kier molecular flexibility index (Phi) is 9.31. The highest BCUT2D eigenvalue weighted by Gasteiger charge is 2.33. The molecule has 0 saturated heterocycles. The number of halogens is 1. The molecule has 1 atom stereocenters. The summed E-state index contributed by atoms with van der Waals surface area (Å²) in [6.45, 7) is 11.6. The topological polar surface area (TPSA) is 58.6 Å². The Labute approximate surface area is 226 Å². The second kappa shape index (κ2) is 12.2. The fraction of sp³-hybridized carbons (Fsp3) is 0.375. The maximum absolute atomic E-state index is 14.7. The van der Waals surface area contributed by atoms with E-state index in [0.717, 1.165) is 11.1 Å². The maximum Gasteiger partial charge on any atom is 0.261 e. The smallest absolute Gasteiger partial charge is 0.261 e. The highest BCUT2D eigenvalue weighted by molar-refractivity contribution is 5.89. The second-order valence-corrected chi connectivity index (χ2v) is 11.6. The lowest BCUT2D eigenvalue weighted by atomic mass is 9.86. The van der Waals surface area contributed by atoms with E-state index in [2.05, 4.69) is 26.1 Å². The minimum absolute atomic E-state index is 0.0646. The molecule has 202 valence electrons. The lowest BCUT2D eigenvalue weighted by Gasteiger charge is -2.34. The lowest BCUT2D eigenvalue weighted by Crippen LogP contribution is -2.55. The van der Waals surface area contributed by atoms with Crippen LogP contribution in [-0.4, -0.2) is 34.9 Å². The van der Waals surface area contributed by atoms with Gasteiger partial charge in [-0.2, -0.15) is 0 Å². The molecule has 3 rings (SSSR count). The largest absolute Gasteiger partial charge is 0.483 e. The molecule has 38 heavy (non-hydrogen) atoms. The lowest BCUT2D eigenvalue weighted by molar-refractivity contribution is -0.143. The van der Waals surface area contributed by atoms with Gasteiger partial charge in [-0.3, -0.25) is 9.59 Å². The van der Waals surface area contributed by atoms with Crippen molar-refractivity contribution < 1.29 is 18.7 Å². The van der Waals surface area contributed by atoms with Gasteiger partial charge in [0.25, 0.3) is 5.91 Å². The quantitative estimate of drug-likeness (QED) is 0.375. The molecule has 0 spiro atoms. The average Bonchev–Trinajstić information content (AvgIpc) is 2.85. The number of nitrogens with one attached hydrogen (secondary N) is 1. The number of carbonyl (C=O) groups excluding carboxylic acids is 2. The van der Waals surface area contributed by atoms with Gasteiger partial charge in [0.2, 0.25) is 5.91 Å². The van der Waals surface area contributed by atoms with Crippen LogP contribution < -0.4 is 10.1 Å². The van der Waals surface area contributed by atoms with Crippen LogP contribution in [0, 0.1) is 5.82 Å². The molecule has 2 amide bonds. The Morgan fingerprint density at radius 3 is 2.11 bits per heavy atom. The van der Waals surface area contributed by atoms with E-state index < -0.39 is 23.3 Å². The number of rotatable bonds is 9. The van der Waals surface area contributed by atoms with Crippen molar-refractivity contribution in [3.8, 4) is 5.75 Å². The number of para-hydroxylation sites is 1. The number of amides is 2. The summed E-state index contributed by atoms with van der Waals surface area (Å²) in [7, 11) is 0. The number of hydrogen-bond donors (Lipinski definition) is 1. The molecule has 0 aliphatic rings. The zero-order valence-corrected chi connectivity index (χ0v) is 23.3. The van der Waals surface area contributed by atoms with Crippen molar-refractivity contribution in [1.29, 1.82) is 0 Å². The second-order valence-electron chi connectivity index (χ2n) is 11.6. The van der Waals surface area contributed by atoms with Crippen LogP contribution in [-0.2, 0) is 28.0 Å². The molecule has 0 heterocycles. The predicted octanol–water partition coefficient (Wildman–Crippen LogP) is 6.06. The Balaban J connectivity index is 1.97. The average molecular weight is 519 g/mol. The van der Waals surface area contributed by atoms with Crippen molar-refractivity contribution in [1.82, 2.24) is 10.2 Å². The van der Waals surface area contributed by atoms with Gasteiger partial charge in [-0.15, -0.1) is 0 Å². The third-order valence-corrected chi connectivity index (χ3v) is 6.11. The summed E-state index contributed by atoms with van der Waals surface area (Å²) in [6.07, 6.45) is 0.279. The van der Waals surface area contributed by atoms with Crippen LogP contribution in [0.4, 0.5) is 4.39 Å². The Bertz CT molecular complexity index is 1230. The van der Waals surface area contributed by atoms with Gasteiger partial charge in [-0.05, 0) is 49.4 Å². The first-order valence-electron chi connectivity index (χ1n) is 13.0. The molecule has 3 aromatic carbocycles. The molecule has 0 radical (unpaired) electrons. The van der Waals surface area contributed by atoms with Crippen LogP contribution in [0.25, 0.3) is 0 Å². The van der Waals surface area contributed by atoms with Gasteiger partial charge in [0, 0.05) is 24.1 Å². The Morgan fingerprint density at radius 1 is 0.868 bits per heavy atom. The SMILES string of the molecule is CC(C)(C)NC(=O)[C@@H](Cc1ccccc1)N(Cc1ccccc1F)C(=O)COc1ccccc1C(C)(C)C. The maximum atomic E-state index is 14.7. The first kappa shape index (κ1) is 28.9. The fourth-order valence-electron chi connectivity index (χ4n) is 4.25. The van der Waals surface area contributed by atoms with Crippen molar-refractivity contribution in [3.63, 3.8) is 0 Å².